The van der Waals surface area contributed by atoms with Gasteiger partial charge in [-0.3, -0.25) is 9.59 Å². The van der Waals surface area contributed by atoms with E-state index in [1.807, 2.05) is 13.0 Å². The third kappa shape index (κ3) is 4.26. The summed E-state index contributed by atoms with van der Waals surface area (Å²) in [5, 5.41) is 10.1. The minimum absolute atomic E-state index is 0.0303. The summed E-state index contributed by atoms with van der Waals surface area (Å²) < 4.78 is 15.4. The first-order chi connectivity index (χ1) is 19.4. The van der Waals surface area contributed by atoms with Crippen LogP contribution in [0.5, 0.6) is 0 Å². The summed E-state index contributed by atoms with van der Waals surface area (Å²) in [6.45, 7) is 5.42. The molecule has 212 valence electrons. The second-order valence-corrected chi connectivity index (χ2v) is 12.1. The van der Waals surface area contributed by atoms with Gasteiger partial charge in [0.15, 0.2) is 0 Å². The van der Waals surface area contributed by atoms with Crippen LogP contribution in [-0.2, 0) is 17.6 Å². The summed E-state index contributed by atoms with van der Waals surface area (Å²) >= 11 is 7.00. The Hall–Kier alpha value is -3.95. The van der Waals surface area contributed by atoms with Gasteiger partial charge in [-0.1, -0.05) is 24.3 Å². The number of carbonyl (C=O) groups excluding carboxylic acids is 1. The highest BCUT2D eigenvalue weighted by Crippen LogP contribution is 2.47. The Morgan fingerprint density at radius 1 is 1.17 bits per heavy atom. The monoisotopic (exact) mass is 576 g/mol. The number of hydrogen-bond acceptors (Lipinski definition) is 4. The predicted octanol–water partition coefficient (Wildman–Crippen LogP) is 3.95. The zero-order chi connectivity index (χ0) is 29.4. The number of carbonyl (C=O) groups is 1. The molecular formula is C31H30ClFN4O4. The first kappa shape index (κ1) is 27.2. The Kier molecular flexibility index (Phi) is 6.35. The topological polar surface area (TPSA) is 134 Å². The SMILES string of the molecule is Cc1c(C2c3c([nH]c4c3CCC(C(C)(C)O)C4)C(C(N)=O)=CC2Cl)cccc1-n1c(=O)[nH]c2c(F)cccc2c1=O. The van der Waals surface area contributed by atoms with E-state index in [9.17, 15) is 23.9 Å². The summed E-state index contributed by atoms with van der Waals surface area (Å²) in [4.78, 5) is 45.0. The van der Waals surface area contributed by atoms with Crippen molar-refractivity contribution in [2.45, 2.75) is 56.9 Å². The van der Waals surface area contributed by atoms with E-state index in [0.717, 1.165) is 33.4 Å². The number of alkyl halides is 1. The van der Waals surface area contributed by atoms with E-state index in [-0.39, 0.29) is 16.8 Å². The van der Waals surface area contributed by atoms with E-state index in [1.54, 1.807) is 32.1 Å². The number of aromatic amines is 2. The van der Waals surface area contributed by atoms with Crippen molar-refractivity contribution in [3.8, 4) is 5.69 Å². The van der Waals surface area contributed by atoms with Crippen molar-refractivity contribution in [2.75, 3.05) is 0 Å². The first-order valence-corrected chi connectivity index (χ1v) is 14.0. The smallest absolute Gasteiger partial charge is 0.333 e. The minimum Gasteiger partial charge on any atom is -0.390 e. The minimum atomic E-state index is -0.867. The van der Waals surface area contributed by atoms with E-state index >= 15 is 0 Å². The molecule has 3 unspecified atom stereocenters. The van der Waals surface area contributed by atoms with Crippen molar-refractivity contribution in [2.24, 2.45) is 11.7 Å². The molecule has 0 spiro atoms. The fourth-order valence-corrected chi connectivity index (χ4v) is 6.95. The van der Waals surface area contributed by atoms with E-state index in [2.05, 4.69) is 9.97 Å². The normalized spacial score (nSPS) is 20.4. The van der Waals surface area contributed by atoms with Gasteiger partial charge in [0.2, 0.25) is 0 Å². The largest absolute Gasteiger partial charge is 0.390 e. The molecule has 2 aliphatic carbocycles. The molecule has 1 amide bonds. The predicted molar refractivity (Wildman–Crippen MR) is 156 cm³/mol. The highest BCUT2D eigenvalue weighted by Gasteiger charge is 2.40. The molecule has 4 aromatic rings. The van der Waals surface area contributed by atoms with Gasteiger partial charge in [0.05, 0.1) is 38.8 Å². The number of rotatable bonds is 4. The molecule has 0 saturated heterocycles. The van der Waals surface area contributed by atoms with Gasteiger partial charge in [-0.15, -0.1) is 11.6 Å². The molecule has 10 heteroatoms. The highest BCUT2D eigenvalue weighted by atomic mass is 35.5. The Morgan fingerprint density at radius 2 is 1.90 bits per heavy atom. The third-order valence-corrected chi connectivity index (χ3v) is 9.10. The van der Waals surface area contributed by atoms with Crippen molar-refractivity contribution in [3.63, 3.8) is 0 Å². The van der Waals surface area contributed by atoms with Crippen molar-refractivity contribution in [1.82, 2.24) is 14.5 Å². The number of para-hydroxylation sites is 1. The average Bonchev–Trinajstić information content (AvgIpc) is 3.28. The van der Waals surface area contributed by atoms with Crippen LogP contribution in [0, 0.1) is 18.7 Å². The van der Waals surface area contributed by atoms with Crippen LogP contribution in [0.15, 0.2) is 52.1 Å². The molecule has 3 atom stereocenters. The Bertz CT molecular complexity index is 1900. The Morgan fingerprint density at radius 3 is 2.61 bits per heavy atom. The summed E-state index contributed by atoms with van der Waals surface area (Å²) in [7, 11) is 0. The zero-order valence-electron chi connectivity index (χ0n) is 22.8. The van der Waals surface area contributed by atoms with E-state index in [1.165, 1.54) is 18.2 Å². The molecule has 41 heavy (non-hydrogen) atoms. The maximum absolute atomic E-state index is 14.3. The van der Waals surface area contributed by atoms with E-state index < -0.39 is 39.9 Å². The number of nitrogens with one attached hydrogen (secondary N) is 2. The van der Waals surface area contributed by atoms with Gasteiger partial charge in [-0.25, -0.2) is 13.8 Å². The van der Waals surface area contributed by atoms with E-state index in [0.29, 0.717) is 35.4 Å². The lowest BCUT2D eigenvalue weighted by Gasteiger charge is -2.34. The van der Waals surface area contributed by atoms with Gasteiger partial charge in [0.1, 0.15) is 5.82 Å². The number of aromatic nitrogens is 3. The number of halogens is 2. The van der Waals surface area contributed by atoms with Crippen LogP contribution >= 0.6 is 11.6 Å². The number of aliphatic hydroxyl groups is 1. The number of hydrogen-bond donors (Lipinski definition) is 4. The standard InChI is InChI=1S/C31H30ClFN4O4/c1-14-16(6-5-9-23(14)37-29(39)18-7-4-8-21(33)26(18)36-30(37)40)24-20(32)13-19(28(34)38)27-25(24)17-11-10-15(31(2,3)41)12-22(17)35-27/h4-9,13,15,20,24,35,41H,10-12H2,1-3H3,(H2,34,38)(H,36,40). The molecule has 2 aromatic heterocycles. The van der Waals surface area contributed by atoms with Gasteiger partial charge in [-0.05, 0) is 86.4 Å². The Labute approximate surface area is 239 Å². The quantitative estimate of drug-likeness (QED) is 0.274. The van der Waals surface area contributed by atoms with E-state index in [4.69, 9.17) is 17.3 Å². The average molecular weight is 577 g/mol. The molecule has 5 N–H and O–H groups in total. The molecule has 0 radical (unpaired) electrons. The Balaban J connectivity index is 1.55. The molecule has 2 aromatic carbocycles. The van der Waals surface area contributed by atoms with Crippen molar-refractivity contribution < 1.29 is 14.3 Å². The molecule has 2 aliphatic rings. The van der Waals surface area contributed by atoms with Gasteiger partial charge in [-0.2, -0.15) is 0 Å². The molecule has 6 rings (SSSR count). The number of primary amides is 1. The number of nitrogens with two attached hydrogens (primary N) is 1. The number of amides is 1. The summed E-state index contributed by atoms with van der Waals surface area (Å²) in [5.74, 6) is -1.67. The van der Waals surface area contributed by atoms with Crippen LogP contribution in [0.1, 0.15) is 59.8 Å². The summed E-state index contributed by atoms with van der Waals surface area (Å²) in [6, 6.07) is 9.39. The number of nitrogens with zero attached hydrogens (tertiary/aromatic N) is 1. The lowest BCUT2D eigenvalue weighted by atomic mass is 9.73. The molecule has 0 saturated carbocycles. The molecular weight excluding hydrogens is 547 g/mol. The number of fused-ring (bicyclic) bond motifs is 4. The fourth-order valence-electron chi connectivity index (χ4n) is 6.57. The molecule has 0 fully saturated rings. The number of H-pyrrole nitrogens is 2. The van der Waals surface area contributed by atoms with Crippen LogP contribution in [0.4, 0.5) is 4.39 Å². The molecule has 0 bridgehead atoms. The van der Waals surface area contributed by atoms with Crippen molar-refractivity contribution >= 4 is 34.0 Å². The van der Waals surface area contributed by atoms with Crippen LogP contribution in [-0.4, -0.2) is 36.5 Å². The third-order valence-electron chi connectivity index (χ3n) is 8.72. The highest BCUT2D eigenvalue weighted by molar-refractivity contribution is 6.27. The lowest BCUT2D eigenvalue weighted by molar-refractivity contribution is -0.112. The van der Waals surface area contributed by atoms with Crippen molar-refractivity contribution in [1.29, 1.82) is 0 Å². The van der Waals surface area contributed by atoms with Gasteiger partial charge < -0.3 is 20.8 Å². The van der Waals surface area contributed by atoms with Gasteiger partial charge >= 0.3 is 5.69 Å². The maximum Gasteiger partial charge on any atom is 0.333 e. The number of benzene rings is 2. The van der Waals surface area contributed by atoms with Crippen LogP contribution in [0.3, 0.4) is 0 Å². The first-order valence-electron chi connectivity index (χ1n) is 13.5. The van der Waals surface area contributed by atoms with Crippen LogP contribution in [0.2, 0.25) is 0 Å². The second kappa shape index (κ2) is 9.56. The zero-order valence-corrected chi connectivity index (χ0v) is 23.6. The summed E-state index contributed by atoms with van der Waals surface area (Å²) in [5.41, 5.74) is 8.92. The number of allylic oxidation sites excluding steroid dienone is 1. The van der Waals surface area contributed by atoms with Crippen LogP contribution < -0.4 is 17.0 Å². The van der Waals surface area contributed by atoms with Crippen molar-refractivity contribution in [3.05, 3.63) is 103 Å². The molecule has 2 heterocycles. The van der Waals surface area contributed by atoms with Crippen LogP contribution in [0.25, 0.3) is 22.2 Å². The van der Waals surface area contributed by atoms with Gasteiger partial charge in [0.25, 0.3) is 11.5 Å². The van der Waals surface area contributed by atoms with Gasteiger partial charge in [0, 0.05) is 11.6 Å². The summed E-state index contributed by atoms with van der Waals surface area (Å²) in [6.07, 6.45) is 3.69. The second-order valence-electron chi connectivity index (χ2n) is 11.6. The lowest BCUT2D eigenvalue weighted by Crippen LogP contribution is -2.35. The molecule has 8 nitrogen and oxygen atoms in total. The fraction of sp³-hybridized carbons (Fsp3) is 0.323. The molecule has 0 aliphatic heterocycles. The maximum atomic E-state index is 14.3.